The van der Waals surface area contributed by atoms with Crippen LogP contribution in [0.2, 0.25) is 0 Å². The maximum absolute atomic E-state index is 11.2. The predicted molar refractivity (Wildman–Crippen MR) is 79.4 cm³/mol. The van der Waals surface area contributed by atoms with E-state index in [9.17, 15) is 20.0 Å². The number of carbonyl (C=O) groups is 1. The number of nitro benzene ring substituents is 1. The fourth-order valence-electron chi connectivity index (χ4n) is 1.65. The van der Waals surface area contributed by atoms with Gasteiger partial charge in [0, 0.05) is 32.5 Å². The molecule has 0 unspecified atom stereocenters. The smallest absolute Gasteiger partial charge is 0.336 e. The summed E-state index contributed by atoms with van der Waals surface area (Å²) in [6.45, 7) is 0. The summed E-state index contributed by atoms with van der Waals surface area (Å²) in [6.07, 6.45) is 0. The Morgan fingerprint density at radius 1 is 1.27 bits per heavy atom. The number of non-ortho nitro benzene ring substituents is 1. The lowest BCUT2D eigenvalue weighted by atomic mass is 10.2. The maximum atomic E-state index is 11.2. The SMILES string of the molecule is [N-]=[N+]=Nc1ccc(C(=O)O)c(Sc2ccc([N+](=O)[O-])cc2)c1. The van der Waals surface area contributed by atoms with Crippen LogP contribution < -0.4 is 0 Å². The fourth-order valence-corrected chi connectivity index (χ4v) is 2.62. The summed E-state index contributed by atoms with van der Waals surface area (Å²) < 4.78 is 0. The van der Waals surface area contributed by atoms with Gasteiger partial charge in [-0.25, -0.2) is 4.79 Å². The Morgan fingerprint density at radius 2 is 1.95 bits per heavy atom. The van der Waals surface area contributed by atoms with Crippen LogP contribution in [0.15, 0.2) is 57.4 Å². The summed E-state index contributed by atoms with van der Waals surface area (Å²) in [7, 11) is 0. The van der Waals surface area contributed by atoms with E-state index in [1.165, 1.54) is 42.5 Å². The highest BCUT2D eigenvalue weighted by atomic mass is 32.2. The number of rotatable bonds is 5. The summed E-state index contributed by atoms with van der Waals surface area (Å²) in [4.78, 5) is 25.0. The second-order valence-corrected chi connectivity index (χ2v) is 5.14. The standard InChI is InChI=1S/C13H8N4O4S/c14-16-15-8-1-6-11(13(18)19)12(7-8)22-10-4-2-9(3-5-10)17(20)21/h1-7H,(H,18,19). The molecule has 0 spiro atoms. The van der Waals surface area contributed by atoms with Gasteiger partial charge in [-0.3, -0.25) is 10.1 Å². The van der Waals surface area contributed by atoms with E-state index in [1.807, 2.05) is 0 Å². The molecule has 0 aromatic heterocycles. The molecule has 0 aliphatic heterocycles. The van der Waals surface area contributed by atoms with E-state index in [0.717, 1.165) is 11.8 Å². The highest BCUT2D eigenvalue weighted by Crippen LogP contribution is 2.34. The molecule has 0 saturated heterocycles. The molecule has 110 valence electrons. The molecule has 0 fully saturated rings. The Kier molecular flexibility index (Phi) is 4.62. The number of carboxylic acids is 1. The van der Waals surface area contributed by atoms with Crippen LogP contribution in [0.4, 0.5) is 11.4 Å². The van der Waals surface area contributed by atoms with Gasteiger partial charge in [0.2, 0.25) is 0 Å². The van der Waals surface area contributed by atoms with Crippen molar-refractivity contribution < 1.29 is 14.8 Å². The molecule has 8 nitrogen and oxygen atoms in total. The van der Waals surface area contributed by atoms with Crippen LogP contribution >= 0.6 is 11.8 Å². The second kappa shape index (κ2) is 6.61. The van der Waals surface area contributed by atoms with E-state index in [0.29, 0.717) is 9.79 Å². The number of aromatic carboxylic acids is 1. The zero-order valence-corrected chi connectivity index (χ0v) is 11.7. The van der Waals surface area contributed by atoms with E-state index < -0.39 is 10.9 Å². The molecule has 2 rings (SSSR count). The van der Waals surface area contributed by atoms with Gasteiger partial charge in [-0.1, -0.05) is 22.9 Å². The van der Waals surface area contributed by atoms with Gasteiger partial charge in [-0.15, -0.1) is 0 Å². The lowest BCUT2D eigenvalue weighted by molar-refractivity contribution is -0.384. The third-order valence-electron chi connectivity index (χ3n) is 2.63. The first-order valence-electron chi connectivity index (χ1n) is 5.86. The third kappa shape index (κ3) is 3.54. The van der Waals surface area contributed by atoms with E-state index in [-0.39, 0.29) is 16.9 Å². The molecule has 0 aliphatic rings. The average Bonchev–Trinajstić information content (AvgIpc) is 2.48. The van der Waals surface area contributed by atoms with Crippen molar-refractivity contribution in [1.29, 1.82) is 0 Å². The Morgan fingerprint density at radius 3 is 2.50 bits per heavy atom. The second-order valence-electron chi connectivity index (χ2n) is 4.03. The van der Waals surface area contributed by atoms with Gasteiger partial charge in [-0.2, -0.15) is 0 Å². The normalized spacial score (nSPS) is 9.82. The van der Waals surface area contributed by atoms with Gasteiger partial charge in [-0.05, 0) is 29.8 Å². The lowest BCUT2D eigenvalue weighted by Gasteiger charge is -2.06. The first-order chi connectivity index (χ1) is 10.5. The third-order valence-corrected chi connectivity index (χ3v) is 3.70. The maximum Gasteiger partial charge on any atom is 0.336 e. The van der Waals surface area contributed by atoms with Gasteiger partial charge >= 0.3 is 5.97 Å². The topological polar surface area (TPSA) is 129 Å². The molecule has 0 bridgehead atoms. The van der Waals surface area contributed by atoms with Crippen molar-refractivity contribution in [3.8, 4) is 0 Å². The Balaban J connectivity index is 2.37. The number of hydrogen-bond donors (Lipinski definition) is 1. The number of nitrogens with zero attached hydrogens (tertiary/aromatic N) is 4. The van der Waals surface area contributed by atoms with Crippen molar-refractivity contribution in [2.75, 3.05) is 0 Å². The summed E-state index contributed by atoms with van der Waals surface area (Å²) in [5.74, 6) is -1.11. The van der Waals surface area contributed by atoms with E-state index in [1.54, 1.807) is 0 Å². The quantitative estimate of drug-likeness (QED) is 0.287. The molecule has 0 saturated carbocycles. The molecular formula is C13H8N4O4S. The molecule has 2 aromatic carbocycles. The predicted octanol–water partition coefficient (Wildman–Crippen LogP) is 4.39. The van der Waals surface area contributed by atoms with Gasteiger partial charge < -0.3 is 5.11 Å². The molecule has 0 radical (unpaired) electrons. The first kappa shape index (κ1) is 15.4. The number of hydrogen-bond acceptors (Lipinski definition) is 5. The summed E-state index contributed by atoms with van der Waals surface area (Å²) in [5, 5.41) is 23.2. The largest absolute Gasteiger partial charge is 0.478 e. The van der Waals surface area contributed by atoms with Crippen molar-refractivity contribution in [3.63, 3.8) is 0 Å². The van der Waals surface area contributed by atoms with Crippen LogP contribution in [-0.4, -0.2) is 16.0 Å². The first-order valence-corrected chi connectivity index (χ1v) is 6.67. The van der Waals surface area contributed by atoms with Crippen LogP contribution in [0.3, 0.4) is 0 Å². The summed E-state index contributed by atoms with van der Waals surface area (Å²) in [5.41, 5.74) is 8.73. The van der Waals surface area contributed by atoms with Crippen LogP contribution in [-0.2, 0) is 0 Å². The zero-order valence-electron chi connectivity index (χ0n) is 10.9. The molecule has 2 aromatic rings. The van der Waals surface area contributed by atoms with Crippen LogP contribution in [0.5, 0.6) is 0 Å². The van der Waals surface area contributed by atoms with Crippen molar-refractivity contribution >= 4 is 29.1 Å². The molecule has 0 atom stereocenters. The molecule has 22 heavy (non-hydrogen) atoms. The van der Waals surface area contributed by atoms with Crippen LogP contribution in [0, 0.1) is 10.1 Å². The highest BCUT2D eigenvalue weighted by molar-refractivity contribution is 7.99. The number of benzene rings is 2. The van der Waals surface area contributed by atoms with Crippen LogP contribution in [0.25, 0.3) is 10.4 Å². The molecule has 0 heterocycles. The molecular weight excluding hydrogens is 308 g/mol. The van der Waals surface area contributed by atoms with Crippen molar-refractivity contribution in [2.24, 2.45) is 5.11 Å². The number of azide groups is 1. The van der Waals surface area contributed by atoms with Crippen molar-refractivity contribution in [3.05, 3.63) is 68.6 Å². The minimum absolute atomic E-state index is 0.0503. The summed E-state index contributed by atoms with van der Waals surface area (Å²) in [6, 6.07) is 9.92. The van der Waals surface area contributed by atoms with E-state index in [4.69, 9.17) is 5.53 Å². The minimum Gasteiger partial charge on any atom is -0.478 e. The van der Waals surface area contributed by atoms with E-state index in [2.05, 4.69) is 10.0 Å². The van der Waals surface area contributed by atoms with Crippen molar-refractivity contribution in [1.82, 2.24) is 0 Å². The molecule has 0 amide bonds. The van der Waals surface area contributed by atoms with Gasteiger partial charge in [0.15, 0.2) is 0 Å². The number of nitro groups is 1. The van der Waals surface area contributed by atoms with Gasteiger partial charge in [0.05, 0.1) is 10.5 Å². The van der Waals surface area contributed by atoms with Crippen molar-refractivity contribution in [2.45, 2.75) is 9.79 Å². The molecule has 9 heteroatoms. The monoisotopic (exact) mass is 316 g/mol. The van der Waals surface area contributed by atoms with Gasteiger partial charge in [0.1, 0.15) is 0 Å². The minimum atomic E-state index is -1.11. The lowest BCUT2D eigenvalue weighted by Crippen LogP contribution is -1.98. The molecule has 1 N–H and O–H groups in total. The average molecular weight is 316 g/mol. The fraction of sp³-hybridized carbons (Fsp3) is 0. The highest BCUT2D eigenvalue weighted by Gasteiger charge is 2.13. The number of carboxylic acid groups (broad SMARTS) is 1. The van der Waals surface area contributed by atoms with E-state index >= 15 is 0 Å². The Bertz CT molecular complexity index is 785. The zero-order chi connectivity index (χ0) is 16.1. The summed E-state index contributed by atoms with van der Waals surface area (Å²) >= 11 is 1.12. The van der Waals surface area contributed by atoms with Crippen LogP contribution in [0.1, 0.15) is 10.4 Å². The Labute approximate surface area is 128 Å². The molecule has 0 aliphatic carbocycles. The van der Waals surface area contributed by atoms with Gasteiger partial charge in [0.25, 0.3) is 5.69 Å². The Hall–Kier alpha value is -3.03.